The van der Waals surface area contributed by atoms with Crippen molar-refractivity contribution >= 4 is 5.65 Å². The molecule has 0 N–H and O–H groups in total. The summed E-state index contributed by atoms with van der Waals surface area (Å²) in [7, 11) is 0. The minimum Gasteiger partial charge on any atom is -0.307 e. The molecule has 2 aromatic rings. The first kappa shape index (κ1) is 12.7. The molecule has 0 saturated carbocycles. The summed E-state index contributed by atoms with van der Waals surface area (Å²) in [6, 6.07) is 4.24. The van der Waals surface area contributed by atoms with Gasteiger partial charge in [-0.05, 0) is 56.8 Å². The summed E-state index contributed by atoms with van der Waals surface area (Å²) in [4.78, 5) is 7.31. The average Bonchev–Trinajstić information content (AvgIpc) is 2.80. The molecule has 19 heavy (non-hydrogen) atoms. The second-order valence-electron chi connectivity index (χ2n) is 5.81. The molecule has 1 aliphatic heterocycles. The van der Waals surface area contributed by atoms with Gasteiger partial charge in [0.15, 0.2) is 0 Å². The van der Waals surface area contributed by atoms with Gasteiger partial charge < -0.3 is 9.30 Å². The van der Waals surface area contributed by atoms with Crippen molar-refractivity contribution in [2.24, 2.45) is 5.92 Å². The fourth-order valence-electron chi connectivity index (χ4n) is 3.15. The molecule has 3 nitrogen and oxygen atoms in total. The van der Waals surface area contributed by atoms with Crippen LogP contribution in [0.2, 0.25) is 0 Å². The molecular weight excluding hydrogens is 234 g/mol. The maximum Gasteiger partial charge on any atom is 0.136 e. The van der Waals surface area contributed by atoms with Gasteiger partial charge in [0.05, 0.1) is 5.69 Å². The van der Waals surface area contributed by atoms with Crippen molar-refractivity contribution in [1.29, 1.82) is 0 Å². The Bertz CT molecular complexity index is 558. The molecule has 3 heterocycles. The van der Waals surface area contributed by atoms with Crippen molar-refractivity contribution in [2.75, 3.05) is 19.6 Å². The lowest BCUT2D eigenvalue weighted by atomic mass is 9.94. The molecule has 3 heteroatoms. The Labute approximate surface area is 115 Å². The highest BCUT2D eigenvalue weighted by atomic mass is 15.1. The topological polar surface area (TPSA) is 20.5 Å². The van der Waals surface area contributed by atoms with Gasteiger partial charge in [-0.15, -0.1) is 0 Å². The van der Waals surface area contributed by atoms with Crippen molar-refractivity contribution in [2.45, 2.75) is 33.1 Å². The highest BCUT2D eigenvalue weighted by Crippen LogP contribution is 2.20. The summed E-state index contributed by atoms with van der Waals surface area (Å²) >= 11 is 0. The van der Waals surface area contributed by atoms with Crippen LogP contribution >= 0.6 is 0 Å². The van der Waals surface area contributed by atoms with E-state index < -0.39 is 0 Å². The fourth-order valence-corrected chi connectivity index (χ4v) is 3.15. The Balaban J connectivity index is 1.74. The maximum atomic E-state index is 4.74. The number of hydrogen-bond acceptors (Lipinski definition) is 2. The number of rotatable bonds is 3. The van der Waals surface area contributed by atoms with Crippen LogP contribution in [0.5, 0.6) is 0 Å². The van der Waals surface area contributed by atoms with Gasteiger partial charge in [0, 0.05) is 18.9 Å². The molecule has 0 aromatic carbocycles. The van der Waals surface area contributed by atoms with Crippen molar-refractivity contribution < 1.29 is 0 Å². The minimum absolute atomic E-state index is 0.778. The number of fused-ring (bicyclic) bond motifs is 1. The maximum absolute atomic E-state index is 4.74. The Morgan fingerprint density at radius 3 is 3.05 bits per heavy atom. The van der Waals surface area contributed by atoms with E-state index in [0.717, 1.165) is 18.0 Å². The van der Waals surface area contributed by atoms with Crippen LogP contribution in [0.25, 0.3) is 5.65 Å². The highest BCUT2D eigenvalue weighted by Gasteiger charge is 2.19. The summed E-state index contributed by atoms with van der Waals surface area (Å²) in [6.07, 6.45) is 8.17. The van der Waals surface area contributed by atoms with Crippen LogP contribution in [-0.4, -0.2) is 33.9 Å². The van der Waals surface area contributed by atoms with E-state index in [1.807, 2.05) is 0 Å². The van der Waals surface area contributed by atoms with Crippen LogP contribution in [0.4, 0.5) is 0 Å². The highest BCUT2D eigenvalue weighted by molar-refractivity contribution is 5.41. The predicted octanol–water partition coefficient (Wildman–Crippen LogP) is 2.92. The van der Waals surface area contributed by atoms with Gasteiger partial charge in [0.1, 0.15) is 5.65 Å². The first-order valence-electron chi connectivity index (χ1n) is 7.41. The number of pyridine rings is 1. The average molecular weight is 257 g/mol. The zero-order valence-electron chi connectivity index (χ0n) is 12.0. The van der Waals surface area contributed by atoms with E-state index in [2.05, 4.69) is 47.7 Å². The minimum atomic E-state index is 0.778. The lowest BCUT2D eigenvalue weighted by Crippen LogP contribution is -2.35. The van der Waals surface area contributed by atoms with Crippen molar-refractivity contribution in [3.63, 3.8) is 0 Å². The van der Waals surface area contributed by atoms with Crippen molar-refractivity contribution in [3.8, 4) is 0 Å². The number of nitrogens with zero attached hydrogens (tertiary/aromatic N) is 3. The lowest BCUT2D eigenvalue weighted by molar-refractivity contribution is 0.181. The van der Waals surface area contributed by atoms with Gasteiger partial charge in [-0.25, -0.2) is 4.98 Å². The van der Waals surface area contributed by atoms with E-state index in [1.165, 1.54) is 43.7 Å². The molecule has 0 radical (unpaired) electrons. The third kappa shape index (κ3) is 2.81. The number of aromatic nitrogens is 2. The molecule has 0 bridgehead atoms. The normalized spacial score (nSPS) is 21.1. The molecule has 1 saturated heterocycles. The third-order valence-corrected chi connectivity index (χ3v) is 4.20. The molecule has 0 amide bonds. The summed E-state index contributed by atoms with van der Waals surface area (Å²) in [5.74, 6) is 0.778. The zero-order valence-corrected chi connectivity index (χ0v) is 12.0. The van der Waals surface area contributed by atoms with E-state index in [4.69, 9.17) is 4.98 Å². The first-order chi connectivity index (χ1) is 9.24. The molecule has 1 fully saturated rings. The Morgan fingerprint density at radius 2 is 2.21 bits per heavy atom. The molecule has 1 unspecified atom stereocenters. The number of hydrogen-bond donors (Lipinski definition) is 0. The van der Waals surface area contributed by atoms with Gasteiger partial charge in [0.25, 0.3) is 0 Å². The number of aryl methyl sites for hydroxylation is 1. The van der Waals surface area contributed by atoms with Crippen LogP contribution in [0.3, 0.4) is 0 Å². The lowest BCUT2D eigenvalue weighted by Gasteiger charge is -2.31. The Kier molecular flexibility index (Phi) is 3.56. The summed E-state index contributed by atoms with van der Waals surface area (Å²) in [6.45, 7) is 8.08. The third-order valence-electron chi connectivity index (χ3n) is 4.20. The summed E-state index contributed by atoms with van der Waals surface area (Å²) < 4.78 is 2.16. The summed E-state index contributed by atoms with van der Waals surface area (Å²) in [5, 5.41) is 0. The largest absolute Gasteiger partial charge is 0.307 e. The van der Waals surface area contributed by atoms with Crippen LogP contribution in [-0.2, 0) is 6.42 Å². The fraction of sp³-hybridized carbons (Fsp3) is 0.562. The van der Waals surface area contributed by atoms with Crippen molar-refractivity contribution in [1.82, 2.24) is 14.3 Å². The molecular formula is C16H23N3. The SMILES string of the molecule is CCN1CCCC(Cc2cn3cc(C)ccc3n2)C1. The van der Waals surface area contributed by atoms with Gasteiger partial charge in [-0.1, -0.05) is 13.0 Å². The Morgan fingerprint density at radius 1 is 1.32 bits per heavy atom. The number of piperidine rings is 1. The second kappa shape index (κ2) is 5.33. The standard InChI is InChI=1S/C16H23N3/c1-3-18-8-4-5-14(11-18)9-15-12-19-10-13(2)6-7-16(19)17-15/h6-7,10,12,14H,3-5,8-9,11H2,1-2H3. The summed E-state index contributed by atoms with van der Waals surface area (Å²) in [5.41, 5.74) is 3.60. The van der Waals surface area contributed by atoms with Crippen LogP contribution in [0, 0.1) is 12.8 Å². The van der Waals surface area contributed by atoms with E-state index >= 15 is 0 Å². The zero-order chi connectivity index (χ0) is 13.2. The number of likely N-dealkylation sites (tertiary alicyclic amines) is 1. The van der Waals surface area contributed by atoms with E-state index in [0.29, 0.717) is 0 Å². The quantitative estimate of drug-likeness (QED) is 0.842. The molecule has 0 spiro atoms. The van der Waals surface area contributed by atoms with Gasteiger partial charge in [0.2, 0.25) is 0 Å². The van der Waals surface area contributed by atoms with Gasteiger partial charge in [-0.3, -0.25) is 0 Å². The molecule has 1 atom stereocenters. The molecule has 0 aliphatic carbocycles. The van der Waals surface area contributed by atoms with Crippen LogP contribution in [0.1, 0.15) is 31.0 Å². The van der Waals surface area contributed by atoms with Crippen LogP contribution in [0.15, 0.2) is 24.5 Å². The molecule has 3 rings (SSSR count). The van der Waals surface area contributed by atoms with Gasteiger partial charge >= 0.3 is 0 Å². The monoisotopic (exact) mass is 257 g/mol. The van der Waals surface area contributed by atoms with E-state index in [9.17, 15) is 0 Å². The molecule has 2 aromatic heterocycles. The van der Waals surface area contributed by atoms with Crippen molar-refractivity contribution in [3.05, 3.63) is 35.8 Å². The predicted molar refractivity (Wildman–Crippen MR) is 78.5 cm³/mol. The molecule has 1 aliphatic rings. The van der Waals surface area contributed by atoms with E-state index in [-0.39, 0.29) is 0 Å². The van der Waals surface area contributed by atoms with E-state index in [1.54, 1.807) is 0 Å². The van der Waals surface area contributed by atoms with Gasteiger partial charge in [-0.2, -0.15) is 0 Å². The number of imidazole rings is 1. The Hall–Kier alpha value is -1.35. The smallest absolute Gasteiger partial charge is 0.136 e. The first-order valence-corrected chi connectivity index (χ1v) is 7.41. The van der Waals surface area contributed by atoms with Crippen LogP contribution < -0.4 is 0 Å². The molecule has 102 valence electrons. The second-order valence-corrected chi connectivity index (χ2v) is 5.81.